The number of aryl methyl sites for hydroxylation is 2. The number of amides is 2. The van der Waals surface area contributed by atoms with Gasteiger partial charge in [0.15, 0.2) is 9.84 Å². The van der Waals surface area contributed by atoms with Gasteiger partial charge in [-0.3, -0.25) is 5.32 Å². The molecule has 2 aromatic carbocycles. The van der Waals surface area contributed by atoms with Gasteiger partial charge in [0.1, 0.15) is 7.05 Å². The minimum absolute atomic E-state index is 0.0573. The quantitative estimate of drug-likeness (QED) is 0.539. The Labute approximate surface area is 170 Å². The molecule has 0 atom stereocenters. The highest BCUT2D eigenvalue weighted by atomic mass is 32.2. The standard InChI is InChI=1S/C21H24N4O3S/c1-4-12-29(27,28)17-10-11-18(16-8-6-5-7-9-16)19(14-17)22-21(26)23-20-13-15(2)24-25(20)3/h5-11,13-14H,4,12H2,1-3H3,(H2,22,23,24,26)/p+1. The van der Waals surface area contributed by atoms with Crippen molar-refractivity contribution in [3.63, 3.8) is 0 Å². The van der Waals surface area contributed by atoms with E-state index in [4.69, 9.17) is 0 Å². The second kappa shape index (κ2) is 8.48. The van der Waals surface area contributed by atoms with Gasteiger partial charge in [-0.05, 0) is 31.0 Å². The summed E-state index contributed by atoms with van der Waals surface area (Å²) in [5.41, 5.74) is 2.96. The molecule has 0 aliphatic carbocycles. The molecule has 0 fully saturated rings. The molecular weight excluding hydrogens is 388 g/mol. The van der Waals surface area contributed by atoms with Gasteiger partial charge in [-0.15, -0.1) is 0 Å². The van der Waals surface area contributed by atoms with Gasteiger partial charge >= 0.3 is 11.8 Å². The molecule has 0 saturated carbocycles. The molecule has 152 valence electrons. The number of rotatable bonds is 6. The van der Waals surface area contributed by atoms with Crippen molar-refractivity contribution in [2.45, 2.75) is 25.2 Å². The number of nitrogens with one attached hydrogen (secondary N) is 3. The van der Waals surface area contributed by atoms with Crippen molar-refractivity contribution in [2.24, 2.45) is 7.05 Å². The van der Waals surface area contributed by atoms with Gasteiger partial charge in [-0.1, -0.05) is 43.3 Å². The number of hydrogen-bond donors (Lipinski definition) is 3. The summed E-state index contributed by atoms with van der Waals surface area (Å²) in [7, 11) is -1.62. The number of hydrogen-bond acceptors (Lipinski definition) is 3. The van der Waals surface area contributed by atoms with Crippen LogP contribution in [0, 0.1) is 6.92 Å². The smallest absolute Gasteiger partial charge is 0.287 e. The van der Waals surface area contributed by atoms with Crippen molar-refractivity contribution >= 4 is 27.4 Å². The van der Waals surface area contributed by atoms with E-state index in [1.165, 1.54) is 6.07 Å². The lowest BCUT2D eigenvalue weighted by molar-refractivity contribution is -0.713. The highest BCUT2D eigenvalue weighted by Gasteiger charge is 2.20. The molecule has 0 aliphatic rings. The number of sulfone groups is 1. The Hall–Kier alpha value is -3.13. The molecule has 2 amide bonds. The summed E-state index contributed by atoms with van der Waals surface area (Å²) in [6.45, 7) is 3.71. The first kappa shape index (κ1) is 20.6. The lowest BCUT2D eigenvalue weighted by atomic mass is 10.0. The Morgan fingerprint density at radius 1 is 1.07 bits per heavy atom. The molecule has 7 nitrogen and oxygen atoms in total. The molecule has 3 aromatic rings. The van der Waals surface area contributed by atoms with Crippen LogP contribution >= 0.6 is 0 Å². The fraction of sp³-hybridized carbons (Fsp3) is 0.238. The van der Waals surface area contributed by atoms with E-state index in [1.807, 2.05) is 44.2 Å². The summed E-state index contributed by atoms with van der Waals surface area (Å²) in [4.78, 5) is 12.8. The number of aromatic nitrogens is 2. The zero-order chi connectivity index (χ0) is 21.0. The van der Waals surface area contributed by atoms with Crippen LogP contribution in [0.15, 0.2) is 59.5 Å². The molecule has 29 heavy (non-hydrogen) atoms. The van der Waals surface area contributed by atoms with E-state index in [9.17, 15) is 13.2 Å². The van der Waals surface area contributed by atoms with Crippen LogP contribution in [-0.4, -0.2) is 25.3 Å². The maximum absolute atomic E-state index is 12.6. The van der Waals surface area contributed by atoms with Crippen LogP contribution < -0.4 is 15.3 Å². The van der Waals surface area contributed by atoms with Gasteiger partial charge in [-0.2, -0.15) is 10.00 Å². The highest BCUT2D eigenvalue weighted by Crippen LogP contribution is 2.31. The lowest BCUT2D eigenvalue weighted by Crippen LogP contribution is -2.36. The highest BCUT2D eigenvalue weighted by molar-refractivity contribution is 7.91. The second-order valence-corrected chi connectivity index (χ2v) is 8.96. The fourth-order valence-electron chi connectivity index (χ4n) is 3.13. The zero-order valence-corrected chi connectivity index (χ0v) is 17.5. The summed E-state index contributed by atoms with van der Waals surface area (Å²) in [5.74, 6) is 0.651. The first-order valence-corrected chi connectivity index (χ1v) is 11.0. The van der Waals surface area contributed by atoms with E-state index < -0.39 is 15.9 Å². The normalized spacial score (nSPS) is 11.3. The molecule has 0 aliphatic heterocycles. The second-order valence-electron chi connectivity index (χ2n) is 6.85. The van der Waals surface area contributed by atoms with Gasteiger partial charge < -0.3 is 0 Å². The molecular formula is C21H25N4O3S+. The molecule has 3 N–H and O–H groups in total. The van der Waals surface area contributed by atoms with Crippen LogP contribution in [0.3, 0.4) is 0 Å². The van der Waals surface area contributed by atoms with Crippen molar-refractivity contribution in [1.29, 1.82) is 0 Å². The first-order valence-electron chi connectivity index (χ1n) is 9.36. The average Bonchev–Trinajstić information content (AvgIpc) is 2.99. The van der Waals surface area contributed by atoms with Gasteiger partial charge in [0.25, 0.3) is 0 Å². The third-order valence-corrected chi connectivity index (χ3v) is 6.37. The Morgan fingerprint density at radius 3 is 2.41 bits per heavy atom. The average molecular weight is 414 g/mol. The number of nitrogens with zero attached hydrogens (tertiary/aromatic N) is 1. The van der Waals surface area contributed by atoms with Gasteiger partial charge in [0, 0.05) is 5.56 Å². The summed E-state index contributed by atoms with van der Waals surface area (Å²) in [6, 6.07) is 15.7. The molecule has 1 heterocycles. The maximum atomic E-state index is 12.6. The Kier molecular flexibility index (Phi) is 6.03. The molecule has 1 aromatic heterocycles. The van der Waals surface area contributed by atoms with Crippen LogP contribution in [0.25, 0.3) is 11.1 Å². The van der Waals surface area contributed by atoms with Crippen LogP contribution in [0.5, 0.6) is 0 Å². The molecule has 0 unspecified atom stereocenters. The first-order chi connectivity index (χ1) is 13.8. The SMILES string of the molecule is CCCS(=O)(=O)c1ccc(-c2ccccc2)c(NC(=O)Nc2cc(C)[nH][n+]2C)c1. The number of carbonyl (C=O) groups is 1. The fourth-order valence-corrected chi connectivity index (χ4v) is 4.47. The number of urea groups is 1. The number of carbonyl (C=O) groups excluding carboxylic acids is 1. The van der Waals surface area contributed by atoms with E-state index in [0.29, 0.717) is 17.9 Å². The summed E-state index contributed by atoms with van der Waals surface area (Å²) in [5, 5.41) is 8.63. The summed E-state index contributed by atoms with van der Waals surface area (Å²) >= 11 is 0. The van der Waals surface area contributed by atoms with Crippen molar-refractivity contribution in [1.82, 2.24) is 5.10 Å². The monoisotopic (exact) mass is 413 g/mol. The van der Waals surface area contributed by atoms with Crippen LogP contribution in [-0.2, 0) is 16.9 Å². The number of H-pyrrole nitrogens is 1. The predicted octanol–water partition coefficient (Wildman–Crippen LogP) is 3.64. The van der Waals surface area contributed by atoms with E-state index >= 15 is 0 Å². The minimum atomic E-state index is -3.41. The van der Waals surface area contributed by atoms with Gasteiger partial charge in [0.2, 0.25) is 0 Å². The van der Waals surface area contributed by atoms with Crippen molar-refractivity contribution in [2.75, 3.05) is 16.4 Å². The molecule has 8 heteroatoms. The van der Waals surface area contributed by atoms with E-state index in [2.05, 4.69) is 15.7 Å². The van der Waals surface area contributed by atoms with E-state index in [0.717, 1.165) is 16.8 Å². The number of benzene rings is 2. The zero-order valence-electron chi connectivity index (χ0n) is 16.7. The summed E-state index contributed by atoms with van der Waals surface area (Å²) in [6.07, 6.45) is 0.523. The third kappa shape index (κ3) is 4.83. The van der Waals surface area contributed by atoms with Crippen molar-refractivity contribution in [3.05, 3.63) is 60.3 Å². The van der Waals surface area contributed by atoms with Gasteiger partial charge in [0.05, 0.1) is 28.1 Å². The third-order valence-electron chi connectivity index (χ3n) is 4.46. The van der Waals surface area contributed by atoms with Crippen LogP contribution in [0.4, 0.5) is 16.3 Å². The minimum Gasteiger partial charge on any atom is -0.287 e. The van der Waals surface area contributed by atoms with Crippen molar-refractivity contribution < 1.29 is 17.9 Å². The maximum Gasteiger partial charge on any atom is 0.411 e. The molecule has 0 radical (unpaired) electrons. The molecule has 3 rings (SSSR count). The molecule has 0 spiro atoms. The predicted molar refractivity (Wildman–Crippen MR) is 114 cm³/mol. The molecule has 0 bridgehead atoms. The van der Waals surface area contributed by atoms with E-state index in [1.54, 1.807) is 29.9 Å². The van der Waals surface area contributed by atoms with Crippen molar-refractivity contribution in [3.8, 4) is 11.1 Å². The Bertz CT molecular complexity index is 1120. The van der Waals surface area contributed by atoms with E-state index in [-0.39, 0.29) is 10.6 Å². The molecule has 0 saturated heterocycles. The summed E-state index contributed by atoms with van der Waals surface area (Å²) < 4.78 is 26.7. The topological polar surface area (TPSA) is 94.9 Å². The number of aromatic amines is 1. The van der Waals surface area contributed by atoms with Crippen LogP contribution in [0.1, 0.15) is 19.0 Å². The Balaban J connectivity index is 1.97. The number of anilines is 2. The van der Waals surface area contributed by atoms with Crippen LogP contribution in [0.2, 0.25) is 0 Å². The van der Waals surface area contributed by atoms with Gasteiger partial charge in [-0.25, -0.2) is 18.3 Å². The lowest BCUT2D eigenvalue weighted by Gasteiger charge is -2.13. The largest absolute Gasteiger partial charge is 0.411 e. The Morgan fingerprint density at radius 2 is 1.79 bits per heavy atom.